The Morgan fingerprint density at radius 1 is 0.901 bits per heavy atom. The topological polar surface area (TPSA) is 201 Å². The number of hydrogen-bond acceptors (Lipinski definition) is 12. The molecule has 5 aromatic heterocycles. The van der Waals surface area contributed by atoms with E-state index in [2.05, 4.69) is 63.7 Å². The molecule has 0 radical (unpaired) electrons. The normalized spacial score (nSPS) is 12.1. The third kappa shape index (κ3) is 10.8. The average Bonchev–Trinajstić information content (AvgIpc) is 3.98. The predicted molar refractivity (Wildman–Crippen MR) is 279 cm³/mol. The van der Waals surface area contributed by atoms with E-state index in [1.807, 2.05) is 84.3 Å². The van der Waals surface area contributed by atoms with Crippen LogP contribution in [0.3, 0.4) is 0 Å². The number of carbonyl (C=O) groups excluding carboxylic acids is 2. The summed E-state index contributed by atoms with van der Waals surface area (Å²) in [6.45, 7) is 11.1. The number of pyridine rings is 1. The number of rotatable bonds is 16. The number of aromatic amines is 2. The minimum atomic E-state index is -0.622. The molecule has 0 saturated carbocycles. The van der Waals surface area contributed by atoms with Crippen LogP contribution >= 0.6 is 0 Å². The van der Waals surface area contributed by atoms with Crippen LogP contribution in [0.1, 0.15) is 53.6 Å². The first-order valence-electron chi connectivity index (χ1n) is 22.9. The van der Waals surface area contributed by atoms with Crippen molar-refractivity contribution >= 4 is 57.8 Å². The van der Waals surface area contributed by atoms with Gasteiger partial charge in [-0.25, -0.2) is 15.0 Å². The molecule has 3 aromatic carbocycles. The lowest BCUT2D eigenvalue weighted by molar-refractivity contribution is -0.113. The van der Waals surface area contributed by atoms with E-state index >= 15 is 0 Å². The molecule has 1 amide bonds. The lowest BCUT2D eigenvalue weighted by Gasteiger charge is -2.26. The van der Waals surface area contributed by atoms with Crippen molar-refractivity contribution in [2.45, 2.75) is 32.7 Å². The number of H-pyrrole nitrogens is 2. The number of nitrogens with zero attached hydrogens (tertiary/aromatic N) is 8. The van der Waals surface area contributed by atoms with Gasteiger partial charge in [-0.3, -0.25) is 28.7 Å². The van der Waals surface area contributed by atoms with E-state index in [0.717, 1.165) is 22.2 Å². The Balaban J connectivity index is 1.18. The zero-order valence-corrected chi connectivity index (χ0v) is 41.0. The summed E-state index contributed by atoms with van der Waals surface area (Å²) in [7, 11) is 9.41. The number of aryl methyl sites for hydroxylation is 1. The predicted octanol–water partition coefficient (Wildman–Crippen LogP) is 5.73. The standard InChI is InChI=1S/C54H56N12O5/c1-33(30-66-46(25-34-14-12-15-35(24-34)48(67)36-16-13-20-55-29-36)51(69)60-43(52(66)70)27-42-49(54(2,3)4)58-32-57-42)50(68)59-40-26-41(47(71-9)28-45(40)64(7)23-22-63(5)6)62-53-56-21-19-39(61-53)38-31-65(8)44-18-11-10-17-37(38)44/h10-21,24-29,31-32H,1,22-23,30H2,2-9H3,(H,57,58)(H,59,68)(H,60,69)(H,56,61,62)/b43-27-,46-25-. The lowest BCUT2D eigenvalue weighted by atomic mass is 9.90. The zero-order chi connectivity index (χ0) is 50.6. The highest BCUT2D eigenvalue weighted by Crippen LogP contribution is 2.38. The van der Waals surface area contributed by atoms with Gasteiger partial charge in [0.1, 0.15) is 16.4 Å². The second kappa shape index (κ2) is 20.5. The molecule has 4 N–H and O–H groups in total. The largest absolute Gasteiger partial charge is 0.494 e. The van der Waals surface area contributed by atoms with Gasteiger partial charge in [-0.15, -0.1) is 0 Å². The van der Waals surface area contributed by atoms with Gasteiger partial charge in [-0.05, 0) is 68.2 Å². The molecule has 0 fully saturated rings. The van der Waals surface area contributed by atoms with Crippen LogP contribution in [0.2, 0.25) is 0 Å². The Bertz CT molecular complexity index is 3560. The van der Waals surface area contributed by atoms with Crippen molar-refractivity contribution in [2.24, 2.45) is 7.05 Å². The van der Waals surface area contributed by atoms with Crippen LogP contribution < -0.4 is 42.1 Å². The highest BCUT2D eigenvalue weighted by molar-refractivity contribution is 6.09. The number of para-hydroxylation sites is 1. The summed E-state index contributed by atoms with van der Waals surface area (Å²) in [6, 6.07) is 23.5. The smallest absolute Gasteiger partial charge is 0.275 e. The summed E-state index contributed by atoms with van der Waals surface area (Å²) in [4.78, 5) is 84.7. The number of ketones is 1. The fourth-order valence-corrected chi connectivity index (χ4v) is 8.19. The second-order valence-electron chi connectivity index (χ2n) is 18.5. The number of aromatic nitrogens is 8. The summed E-state index contributed by atoms with van der Waals surface area (Å²) in [5, 5.41) is 7.27. The third-order valence-corrected chi connectivity index (χ3v) is 11.9. The van der Waals surface area contributed by atoms with E-state index < -0.39 is 17.0 Å². The Labute approximate surface area is 409 Å². The van der Waals surface area contributed by atoms with Crippen molar-refractivity contribution in [1.29, 1.82) is 0 Å². The molecule has 0 unspecified atom stereocenters. The zero-order valence-electron chi connectivity index (χ0n) is 41.0. The van der Waals surface area contributed by atoms with Crippen molar-refractivity contribution in [3.8, 4) is 17.0 Å². The van der Waals surface area contributed by atoms with Crippen LogP contribution in [0.5, 0.6) is 5.75 Å². The number of benzene rings is 3. The Morgan fingerprint density at radius 3 is 2.44 bits per heavy atom. The molecule has 0 saturated heterocycles. The summed E-state index contributed by atoms with van der Waals surface area (Å²) in [6.07, 6.45) is 11.3. The molecular weight excluding hydrogens is 897 g/mol. The van der Waals surface area contributed by atoms with Gasteiger partial charge >= 0.3 is 0 Å². The number of methoxy groups -OCH3 is 1. The maximum atomic E-state index is 14.7. The van der Waals surface area contributed by atoms with Gasteiger partial charge in [0.2, 0.25) is 5.95 Å². The fraction of sp³-hybridized carbons (Fsp3) is 0.222. The number of hydrogen-bond donors (Lipinski definition) is 4. The minimum Gasteiger partial charge on any atom is -0.494 e. The molecule has 0 aliphatic rings. The van der Waals surface area contributed by atoms with E-state index in [4.69, 9.17) is 9.72 Å². The number of anilines is 4. The number of likely N-dealkylation sites (N-methyl/N-ethyl adjacent to an activating group) is 2. The quantitative estimate of drug-likeness (QED) is 0.0678. The molecule has 0 atom stereocenters. The van der Waals surface area contributed by atoms with Crippen molar-refractivity contribution in [2.75, 3.05) is 56.9 Å². The van der Waals surface area contributed by atoms with E-state index in [1.165, 1.54) is 29.2 Å². The molecule has 8 aromatic rings. The molecule has 5 heterocycles. The number of ether oxygens (including phenoxy) is 1. The number of nitrogens with one attached hydrogen (secondary N) is 4. The molecule has 17 nitrogen and oxygen atoms in total. The van der Waals surface area contributed by atoms with Gasteiger partial charge in [0.15, 0.2) is 5.78 Å². The van der Waals surface area contributed by atoms with Gasteiger partial charge in [0, 0.05) is 102 Å². The van der Waals surface area contributed by atoms with Crippen LogP contribution in [0.15, 0.2) is 132 Å². The third-order valence-electron chi connectivity index (χ3n) is 11.9. The number of carbonyl (C=O) groups is 2. The van der Waals surface area contributed by atoms with Crippen molar-refractivity contribution in [1.82, 2.24) is 43.9 Å². The highest BCUT2D eigenvalue weighted by Gasteiger charge is 2.22. The highest BCUT2D eigenvalue weighted by atomic mass is 16.5. The van der Waals surface area contributed by atoms with Crippen molar-refractivity contribution < 1.29 is 14.3 Å². The van der Waals surface area contributed by atoms with E-state index in [0.29, 0.717) is 69.9 Å². The van der Waals surface area contributed by atoms with Crippen LogP contribution in [-0.2, 0) is 23.8 Å². The molecule has 0 aliphatic heterocycles. The van der Waals surface area contributed by atoms with Crippen LogP contribution in [0.4, 0.5) is 23.0 Å². The lowest BCUT2D eigenvalue weighted by Crippen LogP contribution is -2.53. The number of fused-ring (bicyclic) bond motifs is 1. The van der Waals surface area contributed by atoms with Gasteiger partial charge in [-0.1, -0.05) is 63.7 Å². The van der Waals surface area contributed by atoms with Crippen LogP contribution in [0.25, 0.3) is 34.3 Å². The summed E-state index contributed by atoms with van der Waals surface area (Å²) >= 11 is 0. The molecular formula is C54H56N12O5. The van der Waals surface area contributed by atoms with Gasteiger partial charge in [-0.2, -0.15) is 0 Å². The van der Waals surface area contributed by atoms with E-state index in [9.17, 15) is 19.2 Å². The fourth-order valence-electron chi connectivity index (χ4n) is 8.19. The van der Waals surface area contributed by atoms with Crippen LogP contribution in [-0.4, -0.2) is 97.0 Å². The second-order valence-corrected chi connectivity index (χ2v) is 18.5. The first-order valence-corrected chi connectivity index (χ1v) is 22.9. The van der Waals surface area contributed by atoms with Crippen LogP contribution in [0, 0.1) is 0 Å². The maximum Gasteiger partial charge on any atom is 0.275 e. The Kier molecular flexibility index (Phi) is 14.1. The minimum absolute atomic E-state index is 0.0349. The maximum absolute atomic E-state index is 14.7. The molecule has 362 valence electrons. The molecule has 0 spiro atoms. The molecule has 0 aliphatic carbocycles. The first kappa shape index (κ1) is 48.7. The molecule has 0 bridgehead atoms. The van der Waals surface area contributed by atoms with Gasteiger partial charge in [0.05, 0.1) is 48.4 Å². The van der Waals surface area contributed by atoms with Gasteiger partial charge in [0.25, 0.3) is 17.0 Å². The van der Waals surface area contributed by atoms with Gasteiger partial charge < -0.3 is 39.7 Å². The monoisotopic (exact) mass is 952 g/mol. The Morgan fingerprint density at radius 2 is 1.69 bits per heavy atom. The number of amides is 1. The van der Waals surface area contributed by atoms with Crippen molar-refractivity contribution in [3.63, 3.8) is 0 Å². The SMILES string of the molecule is C=C(Cn1c(=O)/c(=C/c2nc[nH]c2C(C)(C)C)[nH]c(=O)/c1=C/c1cccc(C(=O)c2cccnc2)c1)C(=O)Nc1cc(Nc2nccc(-c3cn(C)c4ccccc34)n2)c(OC)cc1N(C)CCN(C)C. The number of imidazole rings is 1. The van der Waals surface area contributed by atoms with E-state index in [-0.39, 0.29) is 34.0 Å². The average molecular weight is 953 g/mol. The first-order chi connectivity index (χ1) is 34.0. The van der Waals surface area contributed by atoms with E-state index in [1.54, 1.807) is 62.0 Å². The molecule has 8 rings (SSSR count). The molecule has 17 heteroatoms. The van der Waals surface area contributed by atoms with Crippen molar-refractivity contribution in [3.05, 3.63) is 182 Å². The summed E-state index contributed by atoms with van der Waals surface area (Å²) < 4.78 is 9.16. The Hall–Kier alpha value is -8.70. The molecule has 71 heavy (non-hydrogen) atoms. The summed E-state index contributed by atoms with van der Waals surface area (Å²) in [5.41, 5.74) is 4.99. The summed E-state index contributed by atoms with van der Waals surface area (Å²) in [5.74, 6) is -0.128.